The molecule has 0 radical (unpaired) electrons. The molecular weight excluding hydrogens is 364 g/mol. The van der Waals surface area contributed by atoms with Crippen LogP contribution in [0.1, 0.15) is 16.3 Å². The van der Waals surface area contributed by atoms with E-state index in [0.29, 0.717) is 17.1 Å². The molecule has 138 valence electrons. The molecule has 0 saturated carbocycles. The van der Waals surface area contributed by atoms with Gasteiger partial charge in [0.1, 0.15) is 17.9 Å². The second-order valence-electron chi connectivity index (χ2n) is 5.25. The predicted molar refractivity (Wildman–Crippen MR) is 94.8 cm³/mol. The van der Waals surface area contributed by atoms with Crippen LogP contribution < -0.4 is 5.32 Å². The van der Waals surface area contributed by atoms with Crippen LogP contribution in [0.3, 0.4) is 0 Å². The van der Waals surface area contributed by atoms with Gasteiger partial charge in [0.2, 0.25) is 5.91 Å². The van der Waals surface area contributed by atoms with E-state index in [0.717, 1.165) is 11.3 Å². The van der Waals surface area contributed by atoms with Crippen molar-refractivity contribution in [1.82, 2.24) is 15.1 Å². The maximum Gasteiger partial charge on any atom is 0.324 e. The number of aromatic nitrogens is 2. The van der Waals surface area contributed by atoms with Crippen LogP contribution in [-0.2, 0) is 11.3 Å². The Balaban J connectivity index is 1.80. The minimum atomic E-state index is -0.518. The van der Waals surface area contributed by atoms with Gasteiger partial charge in [-0.25, -0.2) is 0 Å². The van der Waals surface area contributed by atoms with Crippen LogP contribution >= 0.6 is 11.3 Å². The SMILES string of the molecule is Cc1nn(CC(=O)NCCN=Cc2ccc([N+](=O)[O-])s2)c(C)c1[N+](=O)[O-]. The molecule has 0 aliphatic carbocycles. The fourth-order valence-corrected chi connectivity index (χ4v) is 2.94. The standard InChI is InChI=1S/C14H16N6O5S/c1-9-14(20(24)25)10(2)18(17-9)8-12(21)16-6-5-15-7-11-3-4-13(26-11)19(22)23/h3-4,7H,5-6,8H2,1-2H3,(H,16,21). The Labute approximate surface area is 151 Å². The monoisotopic (exact) mass is 380 g/mol. The van der Waals surface area contributed by atoms with Crippen LogP contribution in [0.4, 0.5) is 10.7 Å². The molecule has 12 heteroatoms. The van der Waals surface area contributed by atoms with E-state index in [2.05, 4.69) is 15.4 Å². The van der Waals surface area contributed by atoms with Crippen molar-refractivity contribution in [3.05, 3.63) is 48.6 Å². The molecule has 2 rings (SSSR count). The number of nitrogens with zero attached hydrogens (tertiary/aromatic N) is 5. The minimum Gasteiger partial charge on any atom is -0.353 e. The van der Waals surface area contributed by atoms with Crippen LogP contribution in [0.25, 0.3) is 0 Å². The summed E-state index contributed by atoms with van der Waals surface area (Å²) in [6.45, 7) is 3.50. The molecule has 0 aliphatic rings. The lowest BCUT2D eigenvalue weighted by molar-refractivity contribution is -0.386. The number of hydrogen-bond acceptors (Lipinski definition) is 8. The highest BCUT2D eigenvalue weighted by atomic mass is 32.1. The second-order valence-corrected chi connectivity index (χ2v) is 6.35. The highest BCUT2D eigenvalue weighted by Crippen LogP contribution is 2.22. The average Bonchev–Trinajstić information content (AvgIpc) is 3.12. The Bertz CT molecular complexity index is 871. The van der Waals surface area contributed by atoms with E-state index in [-0.39, 0.29) is 35.4 Å². The molecule has 1 N–H and O–H groups in total. The Kier molecular flexibility index (Phi) is 6.11. The predicted octanol–water partition coefficient (Wildman–Crippen LogP) is 1.61. The summed E-state index contributed by atoms with van der Waals surface area (Å²) in [7, 11) is 0. The van der Waals surface area contributed by atoms with Gasteiger partial charge in [0.05, 0.1) is 21.3 Å². The van der Waals surface area contributed by atoms with Crippen molar-refractivity contribution in [2.24, 2.45) is 4.99 Å². The highest BCUT2D eigenvalue weighted by molar-refractivity contribution is 7.16. The Hall–Kier alpha value is -3.15. The average molecular weight is 380 g/mol. The molecule has 2 heterocycles. The van der Waals surface area contributed by atoms with Gasteiger partial charge in [0.25, 0.3) is 0 Å². The first kappa shape index (κ1) is 19.2. The third kappa shape index (κ3) is 4.69. The van der Waals surface area contributed by atoms with Gasteiger partial charge >= 0.3 is 10.7 Å². The second kappa shape index (κ2) is 8.29. The molecule has 1 amide bonds. The smallest absolute Gasteiger partial charge is 0.324 e. The summed E-state index contributed by atoms with van der Waals surface area (Å²) in [5.41, 5.74) is 0.488. The fraction of sp³-hybridized carbons (Fsp3) is 0.357. The van der Waals surface area contributed by atoms with Crippen molar-refractivity contribution in [1.29, 1.82) is 0 Å². The number of carbonyl (C=O) groups excluding carboxylic acids is 1. The lowest BCUT2D eigenvalue weighted by Gasteiger charge is -2.04. The maximum atomic E-state index is 11.9. The number of thiophene rings is 1. The zero-order chi connectivity index (χ0) is 19.3. The van der Waals surface area contributed by atoms with E-state index >= 15 is 0 Å². The molecule has 2 aromatic rings. The number of aliphatic imine (C=N–C) groups is 1. The summed E-state index contributed by atoms with van der Waals surface area (Å²) in [5, 5.41) is 28.2. The molecule has 0 aromatic carbocycles. The molecular formula is C14H16N6O5S. The van der Waals surface area contributed by atoms with Crippen LogP contribution in [0.5, 0.6) is 0 Å². The van der Waals surface area contributed by atoms with Gasteiger partial charge in [0.15, 0.2) is 0 Å². The van der Waals surface area contributed by atoms with E-state index in [9.17, 15) is 25.0 Å². The van der Waals surface area contributed by atoms with Gasteiger partial charge in [-0.3, -0.25) is 34.7 Å². The van der Waals surface area contributed by atoms with Gasteiger partial charge in [-0.15, -0.1) is 0 Å². The van der Waals surface area contributed by atoms with Gasteiger partial charge in [0, 0.05) is 18.8 Å². The molecule has 0 unspecified atom stereocenters. The first-order chi connectivity index (χ1) is 12.3. The first-order valence-corrected chi connectivity index (χ1v) is 8.30. The van der Waals surface area contributed by atoms with Crippen LogP contribution in [-0.4, -0.2) is 44.8 Å². The van der Waals surface area contributed by atoms with E-state index < -0.39 is 9.85 Å². The molecule has 26 heavy (non-hydrogen) atoms. The Morgan fingerprint density at radius 1 is 1.35 bits per heavy atom. The Morgan fingerprint density at radius 2 is 2.08 bits per heavy atom. The molecule has 11 nitrogen and oxygen atoms in total. The molecule has 2 aromatic heterocycles. The van der Waals surface area contributed by atoms with Crippen LogP contribution in [0.15, 0.2) is 17.1 Å². The van der Waals surface area contributed by atoms with Crippen molar-refractivity contribution in [2.75, 3.05) is 13.1 Å². The lowest BCUT2D eigenvalue weighted by Crippen LogP contribution is -2.30. The summed E-state index contributed by atoms with van der Waals surface area (Å²) < 4.78 is 1.29. The third-order valence-electron chi connectivity index (χ3n) is 3.39. The highest BCUT2D eigenvalue weighted by Gasteiger charge is 2.22. The third-order valence-corrected chi connectivity index (χ3v) is 4.36. The van der Waals surface area contributed by atoms with Crippen LogP contribution in [0.2, 0.25) is 0 Å². The summed E-state index contributed by atoms with van der Waals surface area (Å²) in [6, 6.07) is 3.00. The van der Waals surface area contributed by atoms with E-state index in [1.165, 1.54) is 30.8 Å². The zero-order valence-corrected chi connectivity index (χ0v) is 14.9. The van der Waals surface area contributed by atoms with Crippen molar-refractivity contribution in [3.8, 4) is 0 Å². The number of carbonyl (C=O) groups is 1. The summed E-state index contributed by atoms with van der Waals surface area (Å²) >= 11 is 1.01. The topological polar surface area (TPSA) is 146 Å². The largest absolute Gasteiger partial charge is 0.353 e. The summed E-state index contributed by atoms with van der Waals surface area (Å²) in [6.07, 6.45) is 1.51. The van der Waals surface area contributed by atoms with Gasteiger partial charge in [-0.05, 0) is 19.9 Å². The maximum absolute atomic E-state index is 11.9. The molecule has 0 aliphatic heterocycles. The van der Waals surface area contributed by atoms with E-state index in [1.54, 1.807) is 6.07 Å². The number of nitrogens with one attached hydrogen (secondary N) is 1. The number of hydrogen-bond donors (Lipinski definition) is 1. The first-order valence-electron chi connectivity index (χ1n) is 7.48. The van der Waals surface area contributed by atoms with Crippen molar-refractivity contribution in [2.45, 2.75) is 20.4 Å². The number of nitro groups is 2. The van der Waals surface area contributed by atoms with E-state index in [4.69, 9.17) is 0 Å². The molecule has 0 fully saturated rings. The Morgan fingerprint density at radius 3 is 2.65 bits per heavy atom. The zero-order valence-electron chi connectivity index (χ0n) is 14.0. The van der Waals surface area contributed by atoms with Gasteiger partial charge < -0.3 is 5.32 Å². The normalized spacial score (nSPS) is 11.0. The minimum absolute atomic E-state index is 0.0405. The summed E-state index contributed by atoms with van der Waals surface area (Å²) in [4.78, 5) is 37.2. The van der Waals surface area contributed by atoms with Gasteiger partial charge in [-0.2, -0.15) is 5.10 Å². The number of rotatable bonds is 8. The van der Waals surface area contributed by atoms with Crippen LogP contribution in [0, 0.1) is 34.1 Å². The lowest BCUT2D eigenvalue weighted by atomic mass is 10.3. The molecule has 0 bridgehead atoms. The number of amides is 1. The van der Waals surface area contributed by atoms with Crippen molar-refractivity contribution >= 4 is 34.1 Å². The summed E-state index contributed by atoms with van der Waals surface area (Å²) in [5.74, 6) is -0.340. The molecule has 0 atom stereocenters. The van der Waals surface area contributed by atoms with Gasteiger partial charge in [-0.1, -0.05) is 11.3 Å². The van der Waals surface area contributed by atoms with Crippen molar-refractivity contribution in [3.63, 3.8) is 0 Å². The fourth-order valence-electron chi connectivity index (χ4n) is 2.22. The quantitative estimate of drug-likeness (QED) is 0.319. The number of aryl methyl sites for hydroxylation is 1. The van der Waals surface area contributed by atoms with Crippen molar-refractivity contribution < 1.29 is 14.6 Å². The molecule has 0 spiro atoms. The van der Waals surface area contributed by atoms with E-state index in [1.807, 2.05) is 0 Å². The molecule has 0 saturated heterocycles.